The lowest BCUT2D eigenvalue weighted by Gasteiger charge is -2.20. The van der Waals surface area contributed by atoms with Crippen molar-refractivity contribution >= 4 is 11.5 Å². The molecular weight excluding hydrogens is 234 g/mol. The number of nitrogens with two attached hydrogens (primary N) is 1. The average Bonchev–Trinajstić information content (AvgIpc) is 2.46. The maximum Gasteiger partial charge on any atom is 0.132 e. The van der Waals surface area contributed by atoms with E-state index in [4.69, 9.17) is 5.73 Å². The van der Waals surface area contributed by atoms with Crippen LogP contribution in [-0.4, -0.2) is 12.0 Å². The molecule has 0 amide bonds. The highest BCUT2D eigenvalue weighted by atomic mass is 15.2. The summed E-state index contributed by atoms with van der Waals surface area (Å²) in [5.74, 6) is 0.941. The van der Waals surface area contributed by atoms with Crippen LogP contribution >= 0.6 is 0 Å². The van der Waals surface area contributed by atoms with Gasteiger partial charge >= 0.3 is 0 Å². The number of aryl methyl sites for hydroxylation is 1. The van der Waals surface area contributed by atoms with Crippen LogP contribution in [0.4, 0.5) is 11.5 Å². The number of hydrogen-bond acceptors (Lipinski definition) is 3. The van der Waals surface area contributed by atoms with E-state index in [0.29, 0.717) is 0 Å². The van der Waals surface area contributed by atoms with Gasteiger partial charge in [0.25, 0.3) is 0 Å². The molecule has 0 spiro atoms. The van der Waals surface area contributed by atoms with Gasteiger partial charge < -0.3 is 10.6 Å². The Bertz CT molecular complexity index is 537. The molecule has 1 atom stereocenters. The van der Waals surface area contributed by atoms with E-state index in [2.05, 4.69) is 41.9 Å². The van der Waals surface area contributed by atoms with Gasteiger partial charge in [0.15, 0.2) is 0 Å². The molecule has 0 radical (unpaired) electrons. The van der Waals surface area contributed by atoms with Crippen molar-refractivity contribution in [3.8, 4) is 0 Å². The largest absolute Gasteiger partial charge is 0.329 e. The normalized spacial score (nSPS) is 12.2. The van der Waals surface area contributed by atoms with Gasteiger partial charge in [-0.15, -0.1) is 0 Å². The number of aromatic nitrogens is 1. The lowest BCUT2D eigenvalue weighted by atomic mass is 10.0. The Balaban J connectivity index is 2.30. The van der Waals surface area contributed by atoms with Crippen LogP contribution in [-0.2, 0) is 0 Å². The lowest BCUT2D eigenvalue weighted by Crippen LogP contribution is -2.14. The Morgan fingerprint density at radius 1 is 1.26 bits per heavy atom. The van der Waals surface area contributed by atoms with E-state index >= 15 is 0 Å². The number of nitrogens with zero attached hydrogens (tertiary/aromatic N) is 2. The molecule has 1 aromatic carbocycles. The molecule has 0 aliphatic carbocycles. The SMILES string of the molecule is CC[C@H](N)c1cnc(N(C)c2ccccc2)cc1C. The van der Waals surface area contributed by atoms with Crippen LogP contribution in [0.25, 0.3) is 0 Å². The van der Waals surface area contributed by atoms with Crippen molar-refractivity contribution in [2.45, 2.75) is 26.3 Å². The Kier molecular flexibility index (Phi) is 4.17. The molecule has 3 nitrogen and oxygen atoms in total. The molecule has 0 fully saturated rings. The smallest absolute Gasteiger partial charge is 0.132 e. The second-order valence-electron chi connectivity index (χ2n) is 4.81. The highest BCUT2D eigenvalue weighted by Gasteiger charge is 2.11. The average molecular weight is 255 g/mol. The topological polar surface area (TPSA) is 42.1 Å². The number of para-hydroxylation sites is 1. The summed E-state index contributed by atoms with van der Waals surface area (Å²) in [6.45, 7) is 4.18. The molecular formula is C16H21N3. The number of anilines is 2. The van der Waals surface area contributed by atoms with Crippen molar-refractivity contribution in [3.05, 3.63) is 53.7 Å². The van der Waals surface area contributed by atoms with Gasteiger partial charge in [-0.25, -0.2) is 4.98 Å². The third kappa shape index (κ3) is 2.93. The molecule has 2 N–H and O–H groups in total. The minimum absolute atomic E-state index is 0.0728. The zero-order valence-corrected chi connectivity index (χ0v) is 11.8. The van der Waals surface area contributed by atoms with Crippen LogP contribution in [0.3, 0.4) is 0 Å². The minimum atomic E-state index is 0.0728. The summed E-state index contributed by atoms with van der Waals surface area (Å²) in [7, 11) is 2.02. The number of pyridine rings is 1. The van der Waals surface area contributed by atoms with Crippen LogP contribution in [0.5, 0.6) is 0 Å². The predicted molar refractivity (Wildman–Crippen MR) is 80.7 cm³/mol. The second kappa shape index (κ2) is 5.85. The molecule has 0 aliphatic heterocycles. The molecule has 2 rings (SSSR count). The van der Waals surface area contributed by atoms with Crippen molar-refractivity contribution in [2.24, 2.45) is 5.73 Å². The summed E-state index contributed by atoms with van der Waals surface area (Å²) in [4.78, 5) is 6.61. The summed E-state index contributed by atoms with van der Waals surface area (Å²) in [6.07, 6.45) is 2.83. The fraction of sp³-hybridized carbons (Fsp3) is 0.312. The molecule has 1 aromatic heterocycles. The second-order valence-corrected chi connectivity index (χ2v) is 4.81. The van der Waals surface area contributed by atoms with Crippen LogP contribution in [0.1, 0.15) is 30.5 Å². The van der Waals surface area contributed by atoms with E-state index in [9.17, 15) is 0 Å². The van der Waals surface area contributed by atoms with Crippen molar-refractivity contribution in [1.29, 1.82) is 0 Å². The first-order valence-corrected chi connectivity index (χ1v) is 6.64. The summed E-state index contributed by atoms with van der Waals surface area (Å²) < 4.78 is 0. The standard InChI is InChI=1S/C16H21N3/c1-4-15(17)14-11-18-16(10-12(14)2)19(3)13-8-6-5-7-9-13/h5-11,15H,4,17H2,1-3H3/t15-/m0/s1. The molecule has 3 heteroatoms. The van der Waals surface area contributed by atoms with E-state index in [-0.39, 0.29) is 6.04 Å². The highest BCUT2D eigenvalue weighted by molar-refractivity contribution is 5.59. The van der Waals surface area contributed by atoms with Crippen molar-refractivity contribution in [2.75, 3.05) is 11.9 Å². The molecule has 19 heavy (non-hydrogen) atoms. The molecule has 1 heterocycles. The first-order valence-electron chi connectivity index (χ1n) is 6.64. The van der Waals surface area contributed by atoms with E-state index in [1.807, 2.05) is 31.4 Å². The van der Waals surface area contributed by atoms with Crippen LogP contribution in [0.2, 0.25) is 0 Å². The third-order valence-corrected chi connectivity index (χ3v) is 3.46. The molecule has 2 aromatic rings. The molecule has 100 valence electrons. The quantitative estimate of drug-likeness (QED) is 0.908. The summed E-state index contributed by atoms with van der Waals surface area (Å²) in [5, 5.41) is 0. The molecule has 0 unspecified atom stereocenters. The zero-order chi connectivity index (χ0) is 13.8. The Morgan fingerprint density at radius 3 is 2.53 bits per heavy atom. The number of rotatable bonds is 4. The van der Waals surface area contributed by atoms with Crippen LogP contribution in [0, 0.1) is 6.92 Å². The van der Waals surface area contributed by atoms with Gasteiger partial charge in [-0.05, 0) is 42.7 Å². The third-order valence-electron chi connectivity index (χ3n) is 3.46. The fourth-order valence-corrected chi connectivity index (χ4v) is 2.13. The Morgan fingerprint density at radius 2 is 1.95 bits per heavy atom. The summed E-state index contributed by atoms with van der Waals surface area (Å²) in [5.41, 5.74) is 9.53. The molecule has 0 saturated heterocycles. The minimum Gasteiger partial charge on any atom is -0.329 e. The molecule has 0 aliphatic rings. The van der Waals surface area contributed by atoms with Gasteiger partial charge in [0.2, 0.25) is 0 Å². The van der Waals surface area contributed by atoms with E-state index in [0.717, 1.165) is 23.5 Å². The first-order chi connectivity index (χ1) is 9.13. The van der Waals surface area contributed by atoms with Gasteiger partial charge in [-0.2, -0.15) is 0 Å². The predicted octanol–water partition coefficient (Wildman–Crippen LogP) is 3.57. The maximum atomic E-state index is 6.08. The highest BCUT2D eigenvalue weighted by Crippen LogP contribution is 2.25. The molecule has 0 bridgehead atoms. The number of hydrogen-bond donors (Lipinski definition) is 1. The first kappa shape index (κ1) is 13.6. The van der Waals surface area contributed by atoms with Crippen LogP contribution < -0.4 is 10.6 Å². The number of benzene rings is 1. The summed E-state index contributed by atoms with van der Waals surface area (Å²) in [6, 6.07) is 12.4. The van der Waals surface area contributed by atoms with Gasteiger partial charge in [0.05, 0.1) is 0 Å². The Hall–Kier alpha value is -1.87. The monoisotopic (exact) mass is 255 g/mol. The molecule has 0 saturated carbocycles. The van der Waals surface area contributed by atoms with Crippen molar-refractivity contribution in [1.82, 2.24) is 4.98 Å². The maximum absolute atomic E-state index is 6.08. The summed E-state index contributed by atoms with van der Waals surface area (Å²) >= 11 is 0. The van der Waals surface area contributed by atoms with Gasteiger partial charge in [0, 0.05) is 25.0 Å². The van der Waals surface area contributed by atoms with Crippen LogP contribution in [0.15, 0.2) is 42.6 Å². The van der Waals surface area contributed by atoms with Crippen molar-refractivity contribution in [3.63, 3.8) is 0 Å². The fourth-order valence-electron chi connectivity index (χ4n) is 2.13. The van der Waals surface area contributed by atoms with E-state index < -0.39 is 0 Å². The van der Waals surface area contributed by atoms with Gasteiger partial charge in [0.1, 0.15) is 5.82 Å². The van der Waals surface area contributed by atoms with Gasteiger partial charge in [-0.1, -0.05) is 25.1 Å². The van der Waals surface area contributed by atoms with E-state index in [1.165, 1.54) is 5.56 Å². The van der Waals surface area contributed by atoms with E-state index in [1.54, 1.807) is 0 Å². The lowest BCUT2D eigenvalue weighted by molar-refractivity contribution is 0.690. The van der Waals surface area contributed by atoms with Gasteiger partial charge in [-0.3, -0.25) is 0 Å². The Labute approximate surface area is 115 Å². The van der Waals surface area contributed by atoms with Crippen molar-refractivity contribution < 1.29 is 0 Å². The zero-order valence-electron chi connectivity index (χ0n) is 11.8.